The number of rotatable bonds is 4. The van der Waals surface area contributed by atoms with Crippen LogP contribution in [0, 0.1) is 0 Å². The van der Waals surface area contributed by atoms with Crippen LogP contribution in [0.3, 0.4) is 0 Å². The van der Waals surface area contributed by atoms with Crippen LogP contribution in [0.1, 0.15) is 48.8 Å². The fourth-order valence-electron chi connectivity index (χ4n) is 3.00. The highest BCUT2D eigenvalue weighted by atomic mass is 35.5. The van der Waals surface area contributed by atoms with Crippen LogP contribution in [0.5, 0.6) is 0 Å². The molecule has 1 aliphatic heterocycles. The lowest BCUT2D eigenvalue weighted by molar-refractivity contribution is 0.0698. The van der Waals surface area contributed by atoms with E-state index in [0.717, 1.165) is 25.9 Å². The SMILES string of the molecule is CNC1CCCN(C(=O)c2ccccc2-c2nc(C(C)C)no2)C1.Cl. The summed E-state index contributed by atoms with van der Waals surface area (Å²) in [5, 5.41) is 7.28. The van der Waals surface area contributed by atoms with E-state index in [-0.39, 0.29) is 24.2 Å². The number of hydrogen-bond donors (Lipinski definition) is 1. The lowest BCUT2D eigenvalue weighted by Gasteiger charge is -2.32. The van der Waals surface area contributed by atoms with Crippen LogP contribution in [-0.2, 0) is 0 Å². The second kappa shape index (κ2) is 8.45. The van der Waals surface area contributed by atoms with Gasteiger partial charge in [-0.05, 0) is 32.0 Å². The molecule has 2 heterocycles. The molecule has 1 fully saturated rings. The summed E-state index contributed by atoms with van der Waals surface area (Å²) in [7, 11) is 1.94. The number of hydrogen-bond acceptors (Lipinski definition) is 5. The Labute approximate surface area is 154 Å². The molecular formula is C18H25ClN4O2. The van der Waals surface area contributed by atoms with E-state index >= 15 is 0 Å². The van der Waals surface area contributed by atoms with Gasteiger partial charge in [-0.3, -0.25) is 4.79 Å². The van der Waals surface area contributed by atoms with Crippen molar-refractivity contribution in [3.05, 3.63) is 35.7 Å². The van der Waals surface area contributed by atoms with Crippen LogP contribution in [-0.4, -0.2) is 47.1 Å². The van der Waals surface area contributed by atoms with Gasteiger partial charge in [-0.25, -0.2) is 0 Å². The molecule has 136 valence electrons. The van der Waals surface area contributed by atoms with Gasteiger partial charge < -0.3 is 14.7 Å². The molecule has 0 radical (unpaired) electrons. The van der Waals surface area contributed by atoms with Crippen LogP contribution in [0.15, 0.2) is 28.8 Å². The Morgan fingerprint density at radius 1 is 1.36 bits per heavy atom. The van der Waals surface area contributed by atoms with Crippen molar-refractivity contribution in [3.8, 4) is 11.5 Å². The van der Waals surface area contributed by atoms with Gasteiger partial charge in [0.15, 0.2) is 5.82 Å². The third-order valence-corrected chi connectivity index (χ3v) is 4.46. The number of likely N-dealkylation sites (tertiary alicyclic amines) is 1. The van der Waals surface area contributed by atoms with Crippen LogP contribution < -0.4 is 5.32 Å². The minimum atomic E-state index is 0. The van der Waals surface area contributed by atoms with Crippen molar-refractivity contribution < 1.29 is 9.32 Å². The van der Waals surface area contributed by atoms with Gasteiger partial charge in [0.05, 0.1) is 11.1 Å². The van der Waals surface area contributed by atoms with E-state index in [0.29, 0.717) is 28.9 Å². The summed E-state index contributed by atoms with van der Waals surface area (Å²) in [6, 6.07) is 7.81. The first-order valence-corrected chi connectivity index (χ1v) is 8.49. The topological polar surface area (TPSA) is 71.3 Å². The lowest BCUT2D eigenvalue weighted by atomic mass is 10.0. The Bertz CT molecular complexity index is 717. The Hall–Kier alpha value is -1.92. The highest BCUT2D eigenvalue weighted by Gasteiger charge is 2.26. The maximum atomic E-state index is 13.0. The summed E-state index contributed by atoms with van der Waals surface area (Å²) in [6.07, 6.45) is 2.11. The molecule has 7 heteroatoms. The number of likely N-dealkylation sites (N-methyl/N-ethyl adjacent to an activating group) is 1. The van der Waals surface area contributed by atoms with Gasteiger partial charge >= 0.3 is 0 Å². The molecule has 2 aromatic rings. The van der Waals surface area contributed by atoms with Gasteiger partial charge in [-0.2, -0.15) is 4.98 Å². The summed E-state index contributed by atoms with van der Waals surface area (Å²) in [5.74, 6) is 1.27. The molecular weight excluding hydrogens is 340 g/mol. The average molecular weight is 365 g/mol. The van der Waals surface area contributed by atoms with E-state index in [1.165, 1.54) is 0 Å². The maximum absolute atomic E-state index is 13.0. The van der Waals surface area contributed by atoms with Crippen molar-refractivity contribution in [1.29, 1.82) is 0 Å². The lowest BCUT2D eigenvalue weighted by Crippen LogP contribution is -2.47. The number of carbonyl (C=O) groups excluding carboxylic acids is 1. The quantitative estimate of drug-likeness (QED) is 0.902. The number of nitrogens with zero attached hydrogens (tertiary/aromatic N) is 3. The van der Waals surface area contributed by atoms with Crippen LogP contribution >= 0.6 is 12.4 Å². The standard InChI is InChI=1S/C18H24N4O2.ClH/c1-12(2)16-20-17(24-21-16)14-8-4-5-9-15(14)18(23)22-10-6-7-13(11-22)19-3;/h4-5,8-9,12-13,19H,6-7,10-11H2,1-3H3;1H. The highest BCUT2D eigenvalue weighted by Crippen LogP contribution is 2.25. The second-order valence-corrected chi connectivity index (χ2v) is 6.54. The molecule has 0 spiro atoms. The molecule has 0 bridgehead atoms. The molecule has 1 aromatic carbocycles. The molecule has 3 rings (SSSR count). The van der Waals surface area contributed by atoms with Crippen molar-refractivity contribution in [2.24, 2.45) is 0 Å². The summed E-state index contributed by atoms with van der Waals surface area (Å²) < 4.78 is 5.39. The number of aromatic nitrogens is 2. The Kier molecular flexibility index (Phi) is 6.56. The van der Waals surface area contributed by atoms with E-state index in [1.807, 2.05) is 50.1 Å². The maximum Gasteiger partial charge on any atom is 0.258 e. The van der Waals surface area contributed by atoms with Crippen LogP contribution in [0.25, 0.3) is 11.5 Å². The zero-order valence-corrected chi connectivity index (χ0v) is 15.7. The van der Waals surface area contributed by atoms with Crippen molar-refractivity contribution in [2.75, 3.05) is 20.1 Å². The van der Waals surface area contributed by atoms with Crippen LogP contribution in [0.2, 0.25) is 0 Å². The van der Waals surface area contributed by atoms with Crippen molar-refractivity contribution in [1.82, 2.24) is 20.4 Å². The van der Waals surface area contributed by atoms with Gasteiger partial charge in [0, 0.05) is 25.0 Å². The first kappa shape index (κ1) is 19.4. The minimum Gasteiger partial charge on any atom is -0.337 e. The fraction of sp³-hybridized carbons (Fsp3) is 0.500. The van der Waals surface area contributed by atoms with Gasteiger partial charge in [0.1, 0.15) is 0 Å². The van der Waals surface area contributed by atoms with Crippen molar-refractivity contribution in [2.45, 2.75) is 38.6 Å². The Morgan fingerprint density at radius 2 is 2.12 bits per heavy atom. The number of carbonyl (C=O) groups is 1. The van der Waals surface area contributed by atoms with Crippen molar-refractivity contribution >= 4 is 18.3 Å². The Balaban J connectivity index is 0.00000225. The third kappa shape index (κ3) is 4.19. The molecule has 1 aliphatic rings. The largest absolute Gasteiger partial charge is 0.337 e. The van der Waals surface area contributed by atoms with E-state index in [2.05, 4.69) is 15.5 Å². The van der Waals surface area contributed by atoms with Gasteiger partial charge in [0.25, 0.3) is 11.8 Å². The molecule has 1 saturated heterocycles. The van der Waals surface area contributed by atoms with Crippen molar-refractivity contribution in [3.63, 3.8) is 0 Å². The van der Waals surface area contributed by atoms with E-state index in [4.69, 9.17) is 4.52 Å². The first-order valence-electron chi connectivity index (χ1n) is 8.49. The predicted octanol–water partition coefficient (Wildman–Crippen LogP) is 3.11. The smallest absolute Gasteiger partial charge is 0.258 e. The number of benzene rings is 1. The molecule has 0 saturated carbocycles. The summed E-state index contributed by atoms with van der Waals surface area (Å²) in [5.41, 5.74) is 1.32. The van der Waals surface area contributed by atoms with Gasteiger partial charge in [-0.1, -0.05) is 31.1 Å². The van der Waals surface area contributed by atoms with Crippen LogP contribution in [0.4, 0.5) is 0 Å². The zero-order valence-electron chi connectivity index (χ0n) is 14.9. The van der Waals surface area contributed by atoms with E-state index in [1.54, 1.807) is 0 Å². The summed E-state index contributed by atoms with van der Waals surface area (Å²) in [6.45, 7) is 5.53. The average Bonchev–Trinajstić information content (AvgIpc) is 3.11. The highest BCUT2D eigenvalue weighted by molar-refractivity contribution is 6.00. The predicted molar refractivity (Wildman–Crippen MR) is 99.1 cm³/mol. The number of piperidine rings is 1. The zero-order chi connectivity index (χ0) is 17.1. The molecule has 1 unspecified atom stereocenters. The van der Waals surface area contributed by atoms with E-state index < -0.39 is 0 Å². The fourth-order valence-corrected chi connectivity index (χ4v) is 3.00. The second-order valence-electron chi connectivity index (χ2n) is 6.54. The molecule has 0 aliphatic carbocycles. The molecule has 1 aromatic heterocycles. The Morgan fingerprint density at radius 3 is 2.80 bits per heavy atom. The molecule has 1 N–H and O–H groups in total. The summed E-state index contributed by atoms with van der Waals surface area (Å²) in [4.78, 5) is 19.3. The monoisotopic (exact) mass is 364 g/mol. The number of amides is 1. The van der Waals surface area contributed by atoms with Gasteiger partial charge in [0.2, 0.25) is 0 Å². The molecule has 6 nitrogen and oxygen atoms in total. The first-order chi connectivity index (χ1) is 11.6. The minimum absolute atomic E-state index is 0. The molecule has 25 heavy (non-hydrogen) atoms. The number of halogens is 1. The van der Waals surface area contributed by atoms with E-state index in [9.17, 15) is 4.79 Å². The third-order valence-electron chi connectivity index (χ3n) is 4.46. The summed E-state index contributed by atoms with van der Waals surface area (Å²) >= 11 is 0. The molecule has 1 amide bonds. The van der Waals surface area contributed by atoms with Gasteiger partial charge in [-0.15, -0.1) is 12.4 Å². The molecule has 1 atom stereocenters. The normalized spacial score (nSPS) is 17.4. The number of nitrogens with one attached hydrogen (secondary N) is 1.